The first kappa shape index (κ1) is 15.5. The Kier molecular flexibility index (Phi) is 4.21. The molecule has 0 aromatic heterocycles. The molecule has 0 amide bonds. The van der Waals surface area contributed by atoms with Crippen molar-refractivity contribution >= 4 is 30.2 Å². The highest BCUT2D eigenvalue weighted by Crippen LogP contribution is 2.26. The fraction of sp³-hybridized carbons (Fsp3) is 0.294. The standard InChI is InChI=1S/C17H20BNO2S/c1-17(2,3)13-5-8-15(9-6-13)22-19-14-7-4-12-11-21-18(20)16(12)10-14/h4-10,19-20H,11H2,1-3H3. The highest BCUT2D eigenvalue weighted by molar-refractivity contribution is 8.00. The minimum atomic E-state index is -0.798. The van der Waals surface area contributed by atoms with E-state index in [1.807, 2.05) is 18.2 Å². The maximum Gasteiger partial charge on any atom is 0.491 e. The van der Waals surface area contributed by atoms with Crippen molar-refractivity contribution in [3.63, 3.8) is 0 Å². The van der Waals surface area contributed by atoms with Crippen LogP contribution >= 0.6 is 11.9 Å². The molecule has 0 saturated heterocycles. The van der Waals surface area contributed by atoms with Gasteiger partial charge >= 0.3 is 7.12 Å². The second kappa shape index (κ2) is 5.99. The van der Waals surface area contributed by atoms with Gasteiger partial charge in [-0.15, -0.1) is 0 Å². The fourth-order valence-electron chi connectivity index (χ4n) is 2.42. The maximum atomic E-state index is 9.74. The van der Waals surface area contributed by atoms with Crippen molar-refractivity contribution in [2.24, 2.45) is 0 Å². The first-order valence-corrected chi connectivity index (χ1v) is 8.21. The summed E-state index contributed by atoms with van der Waals surface area (Å²) >= 11 is 1.57. The molecule has 114 valence electrons. The lowest BCUT2D eigenvalue weighted by Crippen LogP contribution is -2.28. The molecule has 22 heavy (non-hydrogen) atoms. The first-order valence-electron chi connectivity index (χ1n) is 7.39. The van der Waals surface area contributed by atoms with E-state index in [0.717, 1.165) is 21.6 Å². The average molecular weight is 313 g/mol. The van der Waals surface area contributed by atoms with Crippen LogP contribution in [0, 0.1) is 0 Å². The van der Waals surface area contributed by atoms with E-state index >= 15 is 0 Å². The van der Waals surface area contributed by atoms with Gasteiger partial charge in [0.1, 0.15) is 0 Å². The second-order valence-electron chi connectivity index (χ2n) is 6.56. The van der Waals surface area contributed by atoms with Crippen molar-refractivity contribution in [1.82, 2.24) is 0 Å². The van der Waals surface area contributed by atoms with Gasteiger partial charge in [0.15, 0.2) is 0 Å². The number of hydrogen-bond acceptors (Lipinski definition) is 4. The van der Waals surface area contributed by atoms with Gasteiger partial charge < -0.3 is 14.4 Å². The van der Waals surface area contributed by atoms with E-state index in [9.17, 15) is 5.02 Å². The van der Waals surface area contributed by atoms with E-state index in [4.69, 9.17) is 4.65 Å². The smallest absolute Gasteiger partial charge is 0.423 e. The molecule has 0 aliphatic carbocycles. The zero-order valence-electron chi connectivity index (χ0n) is 13.1. The number of nitrogens with one attached hydrogen (secondary N) is 1. The third kappa shape index (κ3) is 3.32. The zero-order valence-corrected chi connectivity index (χ0v) is 13.9. The van der Waals surface area contributed by atoms with Crippen molar-refractivity contribution in [1.29, 1.82) is 0 Å². The summed E-state index contributed by atoms with van der Waals surface area (Å²) in [4.78, 5) is 1.16. The average Bonchev–Trinajstić information content (AvgIpc) is 2.86. The van der Waals surface area contributed by atoms with E-state index in [1.165, 1.54) is 5.56 Å². The largest absolute Gasteiger partial charge is 0.491 e. The number of rotatable bonds is 3. The predicted molar refractivity (Wildman–Crippen MR) is 93.5 cm³/mol. The van der Waals surface area contributed by atoms with Crippen molar-refractivity contribution in [3.8, 4) is 0 Å². The van der Waals surface area contributed by atoms with E-state index in [0.29, 0.717) is 6.61 Å². The van der Waals surface area contributed by atoms with Crippen LogP contribution < -0.4 is 10.2 Å². The molecule has 0 bridgehead atoms. The molecule has 1 aliphatic rings. The lowest BCUT2D eigenvalue weighted by atomic mass is 9.79. The molecule has 1 aliphatic heterocycles. The highest BCUT2D eigenvalue weighted by Gasteiger charge is 2.27. The van der Waals surface area contributed by atoms with Crippen molar-refractivity contribution in [3.05, 3.63) is 53.6 Å². The third-order valence-corrected chi connectivity index (χ3v) is 4.66. The molecule has 2 N–H and O–H groups in total. The molecule has 0 spiro atoms. The predicted octanol–water partition coefficient (Wildman–Crippen LogP) is 3.32. The second-order valence-corrected chi connectivity index (χ2v) is 7.44. The molecule has 2 aromatic rings. The lowest BCUT2D eigenvalue weighted by molar-refractivity contribution is 0.275. The Labute approximate surface area is 136 Å². The molecule has 5 heteroatoms. The van der Waals surface area contributed by atoms with Gasteiger partial charge in [0.2, 0.25) is 0 Å². The molecule has 0 saturated carbocycles. The van der Waals surface area contributed by atoms with E-state index < -0.39 is 7.12 Å². The monoisotopic (exact) mass is 313 g/mol. The highest BCUT2D eigenvalue weighted by atomic mass is 32.2. The SMILES string of the molecule is CC(C)(C)c1ccc(SNc2ccc3c(c2)B(O)OC3)cc1. The number of hydrogen-bond donors (Lipinski definition) is 2. The molecular weight excluding hydrogens is 293 g/mol. The van der Waals surface area contributed by atoms with Crippen LogP contribution in [0.25, 0.3) is 0 Å². The van der Waals surface area contributed by atoms with Crippen LogP contribution in [0.15, 0.2) is 47.4 Å². The van der Waals surface area contributed by atoms with Gasteiger partial charge in [-0.05, 0) is 58.2 Å². The van der Waals surface area contributed by atoms with Crippen LogP contribution in [0.3, 0.4) is 0 Å². The summed E-state index contributed by atoms with van der Waals surface area (Å²) in [6.07, 6.45) is 0. The number of benzene rings is 2. The molecule has 2 aromatic carbocycles. The summed E-state index contributed by atoms with van der Waals surface area (Å²) in [6.45, 7) is 7.13. The zero-order chi connectivity index (χ0) is 15.7. The third-order valence-electron chi connectivity index (χ3n) is 3.82. The van der Waals surface area contributed by atoms with Crippen LogP contribution in [-0.4, -0.2) is 12.1 Å². The van der Waals surface area contributed by atoms with E-state index in [-0.39, 0.29) is 5.41 Å². The molecule has 0 radical (unpaired) electrons. The molecule has 0 unspecified atom stereocenters. The Balaban J connectivity index is 1.67. The van der Waals surface area contributed by atoms with Crippen LogP contribution in [0.4, 0.5) is 5.69 Å². The Hall–Kier alpha value is -1.43. The normalized spacial score (nSPS) is 14.1. The van der Waals surface area contributed by atoms with E-state index in [2.05, 4.69) is 49.8 Å². The minimum Gasteiger partial charge on any atom is -0.423 e. The van der Waals surface area contributed by atoms with Gasteiger partial charge in [0.05, 0.1) is 6.61 Å². The van der Waals surface area contributed by atoms with Gasteiger partial charge in [0, 0.05) is 10.6 Å². The van der Waals surface area contributed by atoms with Crippen LogP contribution in [-0.2, 0) is 16.7 Å². The number of anilines is 1. The topological polar surface area (TPSA) is 41.5 Å². The molecule has 3 rings (SSSR count). The summed E-state index contributed by atoms with van der Waals surface area (Å²) < 4.78 is 8.53. The van der Waals surface area contributed by atoms with Gasteiger partial charge in [-0.25, -0.2) is 0 Å². The molecule has 0 atom stereocenters. The molecule has 0 fully saturated rings. The van der Waals surface area contributed by atoms with Crippen LogP contribution in [0.5, 0.6) is 0 Å². The molecule has 1 heterocycles. The van der Waals surface area contributed by atoms with Crippen LogP contribution in [0.2, 0.25) is 0 Å². The Bertz CT molecular complexity index is 667. The van der Waals surface area contributed by atoms with Gasteiger partial charge in [0.25, 0.3) is 0 Å². The maximum absolute atomic E-state index is 9.74. The Morgan fingerprint density at radius 3 is 2.55 bits per heavy atom. The Morgan fingerprint density at radius 2 is 1.86 bits per heavy atom. The summed E-state index contributed by atoms with van der Waals surface area (Å²) in [6, 6.07) is 14.6. The molecule has 3 nitrogen and oxygen atoms in total. The van der Waals surface area contributed by atoms with E-state index in [1.54, 1.807) is 11.9 Å². The van der Waals surface area contributed by atoms with Crippen molar-refractivity contribution in [2.75, 3.05) is 4.72 Å². The Morgan fingerprint density at radius 1 is 1.14 bits per heavy atom. The fourth-order valence-corrected chi connectivity index (χ4v) is 3.05. The van der Waals surface area contributed by atoms with Gasteiger partial charge in [-0.3, -0.25) is 0 Å². The first-order chi connectivity index (χ1) is 10.4. The minimum absolute atomic E-state index is 0.173. The van der Waals surface area contributed by atoms with Crippen molar-refractivity contribution < 1.29 is 9.68 Å². The molecular formula is C17H20BNO2S. The van der Waals surface area contributed by atoms with Crippen molar-refractivity contribution in [2.45, 2.75) is 37.7 Å². The number of fused-ring (bicyclic) bond motifs is 1. The van der Waals surface area contributed by atoms with Gasteiger partial charge in [-0.2, -0.15) is 0 Å². The van der Waals surface area contributed by atoms with Crippen LogP contribution in [0.1, 0.15) is 31.9 Å². The lowest BCUT2D eigenvalue weighted by Gasteiger charge is -2.19. The summed E-state index contributed by atoms with van der Waals surface area (Å²) in [5.74, 6) is 0. The summed E-state index contributed by atoms with van der Waals surface area (Å²) in [5, 5.41) is 9.74. The summed E-state index contributed by atoms with van der Waals surface area (Å²) in [7, 11) is -0.798. The van der Waals surface area contributed by atoms with Gasteiger partial charge in [-0.1, -0.05) is 39.0 Å². The quantitative estimate of drug-likeness (QED) is 0.674. The summed E-state index contributed by atoms with van der Waals surface area (Å²) in [5.41, 5.74) is 4.38.